The summed E-state index contributed by atoms with van der Waals surface area (Å²) in [5.41, 5.74) is 0.543. The summed E-state index contributed by atoms with van der Waals surface area (Å²) in [6.07, 6.45) is -4.51. The molecule has 0 saturated carbocycles. The van der Waals surface area contributed by atoms with Gasteiger partial charge >= 0.3 is 6.18 Å². The van der Waals surface area contributed by atoms with E-state index in [9.17, 15) is 22.8 Å². The van der Waals surface area contributed by atoms with Crippen LogP contribution in [0.5, 0.6) is 0 Å². The molecular weight excluding hydrogens is 467 g/mol. The van der Waals surface area contributed by atoms with Gasteiger partial charge in [0.2, 0.25) is 5.91 Å². The Morgan fingerprint density at radius 2 is 1.65 bits per heavy atom. The first-order valence-electron chi connectivity index (χ1n) is 10.1. The molecule has 174 valence electrons. The van der Waals surface area contributed by atoms with E-state index in [0.29, 0.717) is 5.69 Å². The van der Waals surface area contributed by atoms with Gasteiger partial charge in [0.15, 0.2) is 0 Å². The predicted molar refractivity (Wildman–Crippen MR) is 124 cm³/mol. The predicted octanol–water partition coefficient (Wildman–Crippen LogP) is 5.72. The second kappa shape index (κ2) is 10.0. The van der Waals surface area contributed by atoms with Crippen LogP contribution in [0.1, 0.15) is 20.9 Å². The fourth-order valence-electron chi connectivity index (χ4n) is 3.12. The van der Waals surface area contributed by atoms with Crippen LogP contribution in [0, 0.1) is 0 Å². The molecule has 0 fully saturated rings. The maximum absolute atomic E-state index is 12.9. The van der Waals surface area contributed by atoms with E-state index in [2.05, 4.69) is 15.6 Å². The van der Waals surface area contributed by atoms with Gasteiger partial charge in [0.05, 0.1) is 22.4 Å². The van der Waals surface area contributed by atoms with Gasteiger partial charge < -0.3 is 15.4 Å². The zero-order chi connectivity index (χ0) is 24.1. The molecule has 1 heterocycles. The van der Waals surface area contributed by atoms with Gasteiger partial charge in [-0.1, -0.05) is 24.3 Å². The Kier molecular flexibility index (Phi) is 6.90. The SMILES string of the molecule is O=C(COCc1nc2ccccc2s1)Nc1cccc(C(=O)Nc2cccc(C(F)(F)F)c2)c1. The zero-order valence-electron chi connectivity index (χ0n) is 17.6. The normalized spacial score (nSPS) is 11.4. The Morgan fingerprint density at radius 3 is 2.41 bits per heavy atom. The third-order valence-corrected chi connectivity index (χ3v) is 5.66. The van der Waals surface area contributed by atoms with Gasteiger partial charge in [-0.15, -0.1) is 11.3 Å². The Labute approximate surface area is 196 Å². The number of ether oxygens (including phenoxy) is 1. The number of aromatic nitrogens is 1. The molecule has 4 aromatic rings. The summed E-state index contributed by atoms with van der Waals surface area (Å²) in [6.45, 7) is -0.0250. The lowest BCUT2D eigenvalue weighted by molar-refractivity contribution is -0.137. The standard InChI is InChI=1S/C24H18F3N3O3S/c25-24(26,27)16-6-4-8-18(12-16)29-23(32)15-5-3-7-17(11-15)28-21(31)13-33-14-22-30-19-9-1-2-10-20(19)34-22/h1-12H,13-14H2,(H,28,31)(H,29,32). The number of amides is 2. The molecule has 0 unspecified atom stereocenters. The summed E-state index contributed by atoms with van der Waals surface area (Å²) in [4.78, 5) is 29.1. The molecule has 6 nitrogen and oxygen atoms in total. The van der Waals surface area contributed by atoms with Gasteiger partial charge in [-0.05, 0) is 48.5 Å². The number of para-hydroxylation sites is 1. The quantitative estimate of drug-likeness (QED) is 0.351. The largest absolute Gasteiger partial charge is 0.416 e. The van der Waals surface area contributed by atoms with Gasteiger partial charge in [-0.2, -0.15) is 13.2 Å². The Morgan fingerprint density at radius 1 is 0.912 bits per heavy atom. The van der Waals surface area contributed by atoms with Crippen molar-refractivity contribution >= 4 is 44.7 Å². The third kappa shape index (κ3) is 5.97. The van der Waals surface area contributed by atoms with E-state index < -0.39 is 23.6 Å². The number of benzene rings is 3. The van der Waals surface area contributed by atoms with Crippen molar-refractivity contribution in [2.75, 3.05) is 17.2 Å². The molecule has 0 aliphatic carbocycles. The van der Waals surface area contributed by atoms with E-state index in [-0.39, 0.29) is 24.5 Å². The highest BCUT2D eigenvalue weighted by molar-refractivity contribution is 7.18. The van der Waals surface area contributed by atoms with Crippen LogP contribution in [0.15, 0.2) is 72.8 Å². The van der Waals surface area contributed by atoms with Crippen molar-refractivity contribution in [3.05, 3.63) is 88.9 Å². The number of rotatable bonds is 7. The maximum Gasteiger partial charge on any atom is 0.416 e. The van der Waals surface area contributed by atoms with Crippen molar-refractivity contribution < 1.29 is 27.5 Å². The lowest BCUT2D eigenvalue weighted by Gasteiger charge is -2.11. The van der Waals surface area contributed by atoms with Gasteiger partial charge in [-0.25, -0.2) is 4.98 Å². The van der Waals surface area contributed by atoms with Crippen molar-refractivity contribution in [1.29, 1.82) is 0 Å². The highest BCUT2D eigenvalue weighted by Crippen LogP contribution is 2.30. The monoisotopic (exact) mass is 485 g/mol. The minimum atomic E-state index is -4.51. The van der Waals surface area contributed by atoms with Crippen molar-refractivity contribution in [3.8, 4) is 0 Å². The van der Waals surface area contributed by atoms with E-state index in [1.54, 1.807) is 12.1 Å². The fraction of sp³-hybridized carbons (Fsp3) is 0.125. The molecule has 4 rings (SSSR count). The van der Waals surface area contributed by atoms with E-state index >= 15 is 0 Å². The van der Waals surface area contributed by atoms with Crippen molar-refractivity contribution in [3.63, 3.8) is 0 Å². The minimum absolute atomic E-state index is 0.0116. The van der Waals surface area contributed by atoms with E-state index in [4.69, 9.17) is 4.74 Å². The lowest BCUT2D eigenvalue weighted by Crippen LogP contribution is -2.19. The van der Waals surface area contributed by atoms with Gasteiger partial charge in [0.25, 0.3) is 5.91 Å². The number of halogens is 3. The summed E-state index contributed by atoms with van der Waals surface area (Å²) >= 11 is 1.49. The van der Waals surface area contributed by atoms with Crippen LogP contribution >= 0.6 is 11.3 Å². The summed E-state index contributed by atoms with van der Waals surface area (Å²) in [5, 5.41) is 5.82. The fourth-order valence-corrected chi connectivity index (χ4v) is 4.03. The number of nitrogens with zero attached hydrogens (tertiary/aromatic N) is 1. The number of anilines is 2. The van der Waals surface area contributed by atoms with E-state index in [0.717, 1.165) is 27.4 Å². The Balaban J connectivity index is 1.31. The molecule has 1 aromatic heterocycles. The number of hydrogen-bond acceptors (Lipinski definition) is 5. The van der Waals surface area contributed by atoms with Crippen LogP contribution in [0.2, 0.25) is 0 Å². The van der Waals surface area contributed by atoms with Crippen LogP contribution in [0.4, 0.5) is 24.5 Å². The molecule has 10 heteroatoms. The molecule has 34 heavy (non-hydrogen) atoms. The van der Waals surface area contributed by atoms with Crippen LogP contribution < -0.4 is 10.6 Å². The van der Waals surface area contributed by atoms with Crippen LogP contribution in [-0.2, 0) is 22.3 Å². The van der Waals surface area contributed by atoms with Crippen LogP contribution in [-0.4, -0.2) is 23.4 Å². The van der Waals surface area contributed by atoms with E-state index in [1.807, 2.05) is 24.3 Å². The summed E-state index contributed by atoms with van der Waals surface area (Å²) in [6, 6.07) is 18.1. The Hall–Kier alpha value is -3.76. The summed E-state index contributed by atoms with van der Waals surface area (Å²) < 4.78 is 45.1. The topological polar surface area (TPSA) is 80.3 Å². The molecule has 0 aliphatic heterocycles. The molecule has 2 N–H and O–H groups in total. The number of carbonyl (C=O) groups is 2. The number of hydrogen-bond donors (Lipinski definition) is 2. The molecular formula is C24H18F3N3O3S. The molecule has 0 radical (unpaired) electrons. The summed E-state index contributed by atoms with van der Waals surface area (Å²) in [7, 11) is 0. The number of nitrogens with one attached hydrogen (secondary N) is 2. The number of alkyl halides is 3. The molecule has 3 aromatic carbocycles. The van der Waals surface area contributed by atoms with Gasteiger partial charge in [0.1, 0.15) is 11.6 Å². The molecule has 0 aliphatic rings. The first-order chi connectivity index (χ1) is 16.3. The molecule has 0 bridgehead atoms. The average Bonchev–Trinajstić information content (AvgIpc) is 3.21. The van der Waals surface area contributed by atoms with Gasteiger partial charge in [-0.3, -0.25) is 9.59 Å². The van der Waals surface area contributed by atoms with Gasteiger partial charge in [0, 0.05) is 16.9 Å². The number of fused-ring (bicyclic) bond motifs is 1. The third-order valence-electron chi connectivity index (χ3n) is 4.65. The van der Waals surface area contributed by atoms with Crippen LogP contribution in [0.25, 0.3) is 10.2 Å². The lowest BCUT2D eigenvalue weighted by atomic mass is 10.1. The first kappa shape index (κ1) is 23.4. The first-order valence-corrected chi connectivity index (χ1v) is 10.9. The van der Waals surface area contributed by atoms with Crippen molar-refractivity contribution in [2.24, 2.45) is 0 Å². The zero-order valence-corrected chi connectivity index (χ0v) is 18.4. The molecule has 2 amide bonds. The smallest absolute Gasteiger partial charge is 0.364 e. The Bertz CT molecular complexity index is 1300. The highest BCUT2D eigenvalue weighted by Gasteiger charge is 2.30. The van der Waals surface area contributed by atoms with Crippen molar-refractivity contribution in [1.82, 2.24) is 4.98 Å². The average molecular weight is 485 g/mol. The van der Waals surface area contributed by atoms with Crippen LogP contribution in [0.3, 0.4) is 0 Å². The number of thiazole rings is 1. The highest BCUT2D eigenvalue weighted by atomic mass is 32.1. The maximum atomic E-state index is 12.9. The molecule has 0 spiro atoms. The van der Waals surface area contributed by atoms with Crippen molar-refractivity contribution in [2.45, 2.75) is 12.8 Å². The molecule has 0 saturated heterocycles. The second-order valence-corrected chi connectivity index (χ2v) is 8.34. The van der Waals surface area contributed by atoms with E-state index in [1.165, 1.54) is 35.6 Å². The number of carbonyl (C=O) groups excluding carboxylic acids is 2. The second-order valence-electron chi connectivity index (χ2n) is 7.23. The molecule has 0 atom stereocenters. The minimum Gasteiger partial charge on any atom is -0.364 e. The summed E-state index contributed by atoms with van der Waals surface area (Å²) in [5.74, 6) is -1.03.